The molecule has 2 aromatic rings. The Morgan fingerprint density at radius 3 is 3.26 bits per heavy atom. The lowest BCUT2D eigenvalue weighted by Crippen LogP contribution is -2.35. The molecular formula is C13H16N4OS. The van der Waals surface area contributed by atoms with Crippen LogP contribution < -0.4 is 0 Å². The topological polar surface area (TPSA) is 51.0 Å². The molecule has 0 saturated carbocycles. The van der Waals surface area contributed by atoms with Gasteiger partial charge in [-0.05, 0) is 12.3 Å². The average Bonchev–Trinajstić information content (AvgIpc) is 3.08. The molecule has 0 saturated heterocycles. The van der Waals surface area contributed by atoms with Gasteiger partial charge in [0.2, 0.25) is 0 Å². The maximum atomic E-state index is 12.1. The minimum atomic E-state index is 0.00941. The van der Waals surface area contributed by atoms with Crippen LogP contribution in [0.5, 0.6) is 0 Å². The smallest absolute Gasteiger partial charge is 0.273 e. The Labute approximate surface area is 115 Å². The zero-order valence-electron chi connectivity index (χ0n) is 10.8. The Balaban J connectivity index is 1.62. The Morgan fingerprint density at radius 2 is 2.47 bits per heavy atom. The second-order valence-electron chi connectivity index (χ2n) is 4.96. The van der Waals surface area contributed by atoms with Crippen LogP contribution in [-0.2, 0) is 13.0 Å². The largest absolute Gasteiger partial charge is 0.340 e. The maximum absolute atomic E-state index is 12.1. The molecule has 0 aromatic carbocycles. The van der Waals surface area contributed by atoms with Gasteiger partial charge in [-0.3, -0.25) is 4.79 Å². The first-order chi connectivity index (χ1) is 9.24. The number of fused-ring (bicyclic) bond motifs is 1. The Kier molecular flexibility index (Phi) is 3.33. The van der Waals surface area contributed by atoms with E-state index < -0.39 is 0 Å². The molecule has 5 nitrogen and oxygen atoms in total. The van der Waals surface area contributed by atoms with Crippen LogP contribution in [0.15, 0.2) is 23.3 Å². The van der Waals surface area contributed by atoms with E-state index in [0.29, 0.717) is 11.6 Å². The number of aromatic nitrogens is 3. The summed E-state index contributed by atoms with van der Waals surface area (Å²) in [6.07, 6.45) is 5.91. The number of hydrogen-bond donors (Lipinski definition) is 0. The number of carbonyl (C=O) groups excluding carboxylic acids is 1. The lowest BCUT2D eigenvalue weighted by molar-refractivity contribution is 0.0759. The van der Waals surface area contributed by atoms with Crippen molar-refractivity contribution in [1.82, 2.24) is 19.4 Å². The molecule has 2 aromatic heterocycles. The van der Waals surface area contributed by atoms with Gasteiger partial charge in [0.25, 0.3) is 5.91 Å². The van der Waals surface area contributed by atoms with E-state index in [-0.39, 0.29) is 5.91 Å². The van der Waals surface area contributed by atoms with Gasteiger partial charge < -0.3 is 9.47 Å². The number of amides is 1. The van der Waals surface area contributed by atoms with E-state index in [9.17, 15) is 4.79 Å². The van der Waals surface area contributed by atoms with Crippen LogP contribution in [0.2, 0.25) is 0 Å². The number of rotatable bonds is 3. The third kappa shape index (κ3) is 2.53. The van der Waals surface area contributed by atoms with Crippen LogP contribution in [0, 0.1) is 5.92 Å². The Hall–Kier alpha value is -1.69. The molecule has 1 amide bonds. The first-order valence-electron chi connectivity index (χ1n) is 6.37. The standard InChI is InChI=1S/C13H16N4OS/c1-16(13(18)11-8-19-9-15-11)7-10-2-4-17-5-3-14-12(17)6-10/h3,5,8-10H,2,4,6-7H2,1H3/t10-/m0/s1. The van der Waals surface area contributed by atoms with Gasteiger partial charge in [-0.15, -0.1) is 11.3 Å². The van der Waals surface area contributed by atoms with Gasteiger partial charge in [-0.25, -0.2) is 9.97 Å². The average molecular weight is 276 g/mol. The lowest BCUT2D eigenvalue weighted by Gasteiger charge is -2.27. The van der Waals surface area contributed by atoms with Crippen molar-refractivity contribution in [3.8, 4) is 0 Å². The van der Waals surface area contributed by atoms with Crippen LogP contribution in [0.1, 0.15) is 22.7 Å². The zero-order valence-corrected chi connectivity index (χ0v) is 11.6. The second kappa shape index (κ2) is 5.13. The van der Waals surface area contributed by atoms with E-state index in [2.05, 4.69) is 14.5 Å². The van der Waals surface area contributed by atoms with Gasteiger partial charge in [0.1, 0.15) is 11.5 Å². The van der Waals surface area contributed by atoms with Gasteiger partial charge >= 0.3 is 0 Å². The summed E-state index contributed by atoms with van der Waals surface area (Å²) < 4.78 is 2.19. The fraction of sp³-hybridized carbons (Fsp3) is 0.462. The van der Waals surface area contributed by atoms with Gasteiger partial charge in [0.15, 0.2) is 0 Å². The molecule has 0 aliphatic carbocycles. The first kappa shape index (κ1) is 12.3. The van der Waals surface area contributed by atoms with E-state index in [4.69, 9.17) is 0 Å². The quantitative estimate of drug-likeness (QED) is 0.857. The number of thiazole rings is 1. The molecule has 0 fully saturated rings. The summed E-state index contributed by atoms with van der Waals surface area (Å²) in [5, 5.41) is 1.80. The molecule has 3 rings (SSSR count). The van der Waals surface area contributed by atoms with Crippen molar-refractivity contribution in [2.45, 2.75) is 19.4 Å². The summed E-state index contributed by atoms with van der Waals surface area (Å²) >= 11 is 1.45. The van der Waals surface area contributed by atoms with E-state index in [1.54, 1.807) is 15.8 Å². The van der Waals surface area contributed by atoms with Gasteiger partial charge in [0, 0.05) is 44.3 Å². The van der Waals surface area contributed by atoms with Crippen LogP contribution in [0.3, 0.4) is 0 Å². The van der Waals surface area contributed by atoms with Crippen LogP contribution in [0.4, 0.5) is 0 Å². The lowest BCUT2D eigenvalue weighted by atomic mass is 9.97. The highest BCUT2D eigenvalue weighted by Gasteiger charge is 2.23. The highest BCUT2D eigenvalue weighted by molar-refractivity contribution is 7.07. The van der Waals surface area contributed by atoms with Crippen molar-refractivity contribution in [3.63, 3.8) is 0 Å². The minimum absolute atomic E-state index is 0.00941. The molecular weight excluding hydrogens is 260 g/mol. The van der Waals surface area contributed by atoms with E-state index in [0.717, 1.165) is 31.8 Å². The number of imidazole rings is 1. The van der Waals surface area contributed by atoms with Crippen LogP contribution >= 0.6 is 11.3 Å². The molecule has 1 aliphatic heterocycles. The van der Waals surface area contributed by atoms with Crippen LogP contribution in [-0.4, -0.2) is 38.9 Å². The van der Waals surface area contributed by atoms with Gasteiger partial charge in [-0.1, -0.05) is 0 Å². The van der Waals surface area contributed by atoms with Gasteiger partial charge in [0.05, 0.1) is 5.51 Å². The summed E-state index contributed by atoms with van der Waals surface area (Å²) in [5.41, 5.74) is 2.24. The zero-order chi connectivity index (χ0) is 13.2. The van der Waals surface area contributed by atoms with Crippen molar-refractivity contribution in [3.05, 3.63) is 34.8 Å². The number of aryl methyl sites for hydroxylation is 1. The normalized spacial score (nSPS) is 18.1. The molecule has 0 spiro atoms. The summed E-state index contributed by atoms with van der Waals surface area (Å²) in [5.74, 6) is 1.63. The number of hydrogen-bond acceptors (Lipinski definition) is 4. The summed E-state index contributed by atoms with van der Waals surface area (Å²) in [6, 6.07) is 0. The Morgan fingerprint density at radius 1 is 1.58 bits per heavy atom. The molecule has 100 valence electrons. The highest BCUT2D eigenvalue weighted by atomic mass is 32.1. The molecule has 19 heavy (non-hydrogen) atoms. The van der Waals surface area contributed by atoms with Crippen molar-refractivity contribution in [1.29, 1.82) is 0 Å². The van der Waals surface area contributed by atoms with E-state index in [1.807, 2.05) is 19.4 Å². The third-order valence-electron chi connectivity index (χ3n) is 3.58. The van der Waals surface area contributed by atoms with Crippen molar-refractivity contribution >= 4 is 17.2 Å². The number of carbonyl (C=O) groups is 1. The summed E-state index contributed by atoms with van der Waals surface area (Å²) in [7, 11) is 1.85. The van der Waals surface area contributed by atoms with Crippen LogP contribution in [0.25, 0.3) is 0 Å². The molecule has 6 heteroatoms. The van der Waals surface area contributed by atoms with Crippen molar-refractivity contribution in [2.24, 2.45) is 5.92 Å². The van der Waals surface area contributed by atoms with E-state index >= 15 is 0 Å². The molecule has 0 radical (unpaired) electrons. The van der Waals surface area contributed by atoms with Gasteiger partial charge in [-0.2, -0.15) is 0 Å². The predicted octanol–water partition coefficient (Wildman–Crippen LogP) is 1.67. The molecule has 0 unspecified atom stereocenters. The fourth-order valence-corrected chi connectivity index (χ4v) is 3.08. The third-order valence-corrected chi connectivity index (χ3v) is 4.17. The second-order valence-corrected chi connectivity index (χ2v) is 5.67. The molecule has 1 atom stereocenters. The Bertz CT molecular complexity index is 563. The monoisotopic (exact) mass is 276 g/mol. The SMILES string of the molecule is CN(C[C@H]1CCn2ccnc2C1)C(=O)c1cscn1. The predicted molar refractivity (Wildman–Crippen MR) is 73.1 cm³/mol. The molecule has 1 aliphatic rings. The molecule has 0 N–H and O–H groups in total. The molecule has 3 heterocycles. The minimum Gasteiger partial charge on any atom is -0.340 e. The molecule has 0 bridgehead atoms. The van der Waals surface area contributed by atoms with Crippen molar-refractivity contribution in [2.75, 3.05) is 13.6 Å². The first-order valence-corrected chi connectivity index (χ1v) is 7.32. The van der Waals surface area contributed by atoms with E-state index in [1.165, 1.54) is 11.3 Å². The highest BCUT2D eigenvalue weighted by Crippen LogP contribution is 2.20. The fourth-order valence-electron chi connectivity index (χ4n) is 2.56. The maximum Gasteiger partial charge on any atom is 0.273 e. The summed E-state index contributed by atoms with van der Waals surface area (Å²) in [6.45, 7) is 1.77. The number of nitrogens with zero attached hydrogens (tertiary/aromatic N) is 4. The summed E-state index contributed by atoms with van der Waals surface area (Å²) in [4.78, 5) is 22.3. The van der Waals surface area contributed by atoms with Crippen molar-refractivity contribution < 1.29 is 4.79 Å².